The van der Waals surface area contributed by atoms with Gasteiger partial charge in [-0.15, -0.1) is 0 Å². The highest BCUT2D eigenvalue weighted by Crippen LogP contribution is 1.91. The Kier molecular flexibility index (Phi) is 12.7. The summed E-state index contributed by atoms with van der Waals surface area (Å²) in [6.07, 6.45) is 11.3. The highest BCUT2D eigenvalue weighted by atomic mass is 32.2. The Morgan fingerprint density at radius 3 is 1.29 bits per heavy atom. The molecular weight excluding hydrogens is 456 g/mol. The van der Waals surface area contributed by atoms with Crippen molar-refractivity contribution in [2.45, 2.75) is 13.5 Å². The van der Waals surface area contributed by atoms with Crippen LogP contribution < -0.4 is 9.13 Å². The molecule has 0 saturated heterocycles. The van der Waals surface area contributed by atoms with Crippen molar-refractivity contribution in [1.82, 2.24) is 0 Å². The zero-order chi connectivity index (χ0) is 23.9. The van der Waals surface area contributed by atoms with Crippen molar-refractivity contribution in [2.24, 2.45) is 10.3 Å². The van der Waals surface area contributed by atoms with Crippen LogP contribution in [0.2, 0.25) is 0 Å². The van der Waals surface area contributed by atoms with Gasteiger partial charge in [0.15, 0.2) is 24.8 Å². The van der Waals surface area contributed by atoms with Gasteiger partial charge in [0.05, 0.1) is 32.7 Å². The first-order valence-corrected chi connectivity index (χ1v) is 11.7. The van der Waals surface area contributed by atoms with Gasteiger partial charge < -0.3 is 19.5 Å². The van der Waals surface area contributed by atoms with Crippen LogP contribution >= 0.6 is 0 Å². The van der Waals surface area contributed by atoms with Gasteiger partial charge in [-0.1, -0.05) is 10.3 Å². The Morgan fingerprint density at radius 1 is 0.806 bits per heavy atom. The largest absolute Gasteiger partial charge is 0.748 e. The molecule has 0 radical (unpaired) electrons. The van der Waals surface area contributed by atoms with Crippen molar-refractivity contribution >= 4 is 32.7 Å². The Morgan fingerprint density at radius 2 is 1.06 bits per heavy atom. The maximum absolute atomic E-state index is 9.08. The van der Waals surface area contributed by atoms with Crippen molar-refractivity contribution in [3.63, 3.8) is 0 Å². The molecule has 172 valence electrons. The lowest BCUT2D eigenvalue weighted by molar-refractivity contribution is -0.788. The summed E-state index contributed by atoms with van der Waals surface area (Å²) in [5.74, 6) is 0. The number of hydrogen-bond acceptors (Lipinski definition) is 11. The quantitative estimate of drug-likeness (QED) is 0.169. The van der Waals surface area contributed by atoms with E-state index in [0.717, 1.165) is 11.1 Å². The van der Waals surface area contributed by atoms with Gasteiger partial charge in [0.1, 0.15) is 0 Å². The SMILES string of the molecule is CS(=O)(=O)[O-].CS(=O)(=O)[O-].O/N=C/c1cc[n+](COC[n+]2ccc(/C=N/O)cc2)cc1. The zero-order valence-electron chi connectivity index (χ0n) is 16.5. The summed E-state index contributed by atoms with van der Waals surface area (Å²) in [5, 5.41) is 22.8. The van der Waals surface area contributed by atoms with E-state index in [1.54, 1.807) is 0 Å². The van der Waals surface area contributed by atoms with E-state index >= 15 is 0 Å². The topological polar surface area (TPSA) is 197 Å². The number of nitrogens with zero attached hydrogens (tertiary/aromatic N) is 4. The van der Waals surface area contributed by atoms with E-state index in [9.17, 15) is 0 Å². The van der Waals surface area contributed by atoms with Gasteiger partial charge in [-0.05, 0) is 0 Å². The van der Waals surface area contributed by atoms with Crippen LogP contribution in [0.1, 0.15) is 11.1 Å². The third-order valence-corrected chi connectivity index (χ3v) is 2.73. The molecule has 2 N–H and O–H groups in total. The molecule has 2 aromatic rings. The monoisotopic (exact) mass is 478 g/mol. The molecule has 0 aliphatic carbocycles. The molecule has 15 heteroatoms. The van der Waals surface area contributed by atoms with E-state index in [1.807, 2.05) is 58.2 Å². The second-order valence-electron chi connectivity index (χ2n) is 5.65. The van der Waals surface area contributed by atoms with Gasteiger partial charge in [0, 0.05) is 47.9 Å². The van der Waals surface area contributed by atoms with E-state index in [2.05, 4.69) is 10.3 Å². The number of rotatable bonds is 6. The number of pyridine rings is 2. The highest BCUT2D eigenvalue weighted by Gasteiger charge is 2.04. The molecule has 2 heterocycles. The van der Waals surface area contributed by atoms with E-state index in [1.165, 1.54) is 12.4 Å². The molecule has 0 unspecified atom stereocenters. The summed E-state index contributed by atoms with van der Waals surface area (Å²) >= 11 is 0. The van der Waals surface area contributed by atoms with E-state index in [4.69, 9.17) is 41.1 Å². The third kappa shape index (κ3) is 20.1. The maximum Gasteiger partial charge on any atom is 0.257 e. The molecular formula is C16H22N4O9S2. The first-order valence-electron chi connectivity index (χ1n) is 8.04. The van der Waals surface area contributed by atoms with E-state index in [0.29, 0.717) is 26.0 Å². The second kappa shape index (κ2) is 14.1. The molecule has 0 bridgehead atoms. The second-order valence-corrected chi connectivity index (χ2v) is 8.47. The van der Waals surface area contributed by atoms with Gasteiger partial charge >= 0.3 is 0 Å². The Labute approximate surface area is 179 Å². The summed E-state index contributed by atoms with van der Waals surface area (Å²) in [5.41, 5.74) is 1.62. The van der Waals surface area contributed by atoms with Gasteiger partial charge in [-0.3, -0.25) is 4.74 Å². The number of ether oxygens (including phenoxy) is 1. The van der Waals surface area contributed by atoms with Crippen LogP contribution in [-0.4, -0.2) is 61.3 Å². The zero-order valence-corrected chi connectivity index (χ0v) is 18.2. The number of aromatic nitrogens is 2. The minimum atomic E-state index is -3.92. The molecule has 2 aromatic heterocycles. The highest BCUT2D eigenvalue weighted by molar-refractivity contribution is 7.85. The fraction of sp³-hybridized carbons (Fsp3) is 0.250. The summed E-state index contributed by atoms with van der Waals surface area (Å²) in [6.45, 7) is 0.812. The average Bonchev–Trinajstić information content (AvgIpc) is 2.62. The predicted molar refractivity (Wildman–Crippen MR) is 104 cm³/mol. The van der Waals surface area contributed by atoms with Gasteiger partial charge in [0.2, 0.25) is 0 Å². The molecule has 13 nitrogen and oxygen atoms in total. The smallest absolute Gasteiger partial charge is 0.257 e. The lowest BCUT2D eigenvalue weighted by atomic mass is 10.3. The van der Waals surface area contributed by atoms with Crippen molar-refractivity contribution in [2.75, 3.05) is 12.5 Å². The minimum Gasteiger partial charge on any atom is -0.748 e. The molecule has 2 rings (SSSR count). The molecule has 31 heavy (non-hydrogen) atoms. The van der Waals surface area contributed by atoms with Gasteiger partial charge in [0.25, 0.3) is 13.5 Å². The number of oxime groups is 2. The van der Waals surface area contributed by atoms with Gasteiger partial charge in [-0.25, -0.2) is 16.8 Å². The maximum atomic E-state index is 9.08. The lowest BCUT2D eigenvalue weighted by Gasteiger charge is -1.98. The summed E-state index contributed by atoms with van der Waals surface area (Å²) in [6, 6.07) is 7.27. The molecule has 0 fully saturated rings. The Balaban J connectivity index is 0.000000752. The number of hydrogen-bond donors (Lipinski definition) is 2. The van der Waals surface area contributed by atoms with Crippen molar-refractivity contribution in [3.8, 4) is 0 Å². The Bertz CT molecular complexity index is 936. The lowest BCUT2D eigenvalue weighted by Crippen LogP contribution is -2.40. The van der Waals surface area contributed by atoms with Crippen LogP contribution in [0.3, 0.4) is 0 Å². The first kappa shape index (κ1) is 28.0. The minimum absolute atomic E-state index is 0.406. The van der Waals surface area contributed by atoms with Crippen molar-refractivity contribution < 1.29 is 50.2 Å². The third-order valence-electron chi connectivity index (χ3n) is 2.73. The molecule has 0 amide bonds. The first-order chi connectivity index (χ1) is 14.3. The van der Waals surface area contributed by atoms with Crippen LogP contribution in [0.4, 0.5) is 0 Å². The summed E-state index contributed by atoms with van der Waals surface area (Å²) in [7, 11) is -7.83. The Hall–Kier alpha value is -2.98. The van der Waals surface area contributed by atoms with Gasteiger partial charge in [-0.2, -0.15) is 9.13 Å². The fourth-order valence-corrected chi connectivity index (χ4v) is 1.67. The van der Waals surface area contributed by atoms with Crippen LogP contribution in [0.25, 0.3) is 0 Å². The standard InChI is InChI=1S/C14H14N4O3.2CH4O3S/c19-15-9-13-1-5-17(6-2-13)11-21-12-18-7-3-14(4-8-18)10-16-20;2*1-5(2,3)4/h1-10H,11-12H2;2*1H3,(H,2,3,4). The molecule has 0 aliphatic heterocycles. The normalized spacial score (nSPS) is 11.5. The molecule has 0 saturated carbocycles. The summed E-state index contributed by atoms with van der Waals surface area (Å²) in [4.78, 5) is 0. The average molecular weight is 479 g/mol. The van der Waals surface area contributed by atoms with Crippen LogP contribution in [0.5, 0.6) is 0 Å². The van der Waals surface area contributed by atoms with E-state index < -0.39 is 20.2 Å². The predicted octanol–water partition coefficient (Wildman–Crippen LogP) is -1.17. The van der Waals surface area contributed by atoms with Crippen LogP contribution in [0, 0.1) is 0 Å². The fourth-order valence-electron chi connectivity index (χ4n) is 1.67. The van der Waals surface area contributed by atoms with Crippen LogP contribution in [0.15, 0.2) is 59.4 Å². The van der Waals surface area contributed by atoms with Crippen molar-refractivity contribution in [1.29, 1.82) is 0 Å². The van der Waals surface area contributed by atoms with E-state index in [-0.39, 0.29) is 0 Å². The molecule has 0 aromatic carbocycles. The van der Waals surface area contributed by atoms with Crippen LogP contribution in [-0.2, 0) is 38.4 Å². The molecule has 0 spiro atoms. The summed E-state index contributed by atoms with van der Waals surface area (Å²) < 4.78 is 63.7. The molecule has 0 aliphatic rings. The van der Waals surface area contributed by atoms with Crippen molar-refractivity contribution in [3.05, 3.63) is 60.2 Å². The molecule has 0 atom stereocenters.